The van der Waals surface area contributed by atoms with Gasteiger partial charge in [-0.3, -0.25) is 4.79 Å². The third-order valence-corrected chi connectivity index (χ3v) is 4.72. The predicted octanol–water partition coefficient (Wildman–Crippen LogP) is 5.56. The number of hydrogen-bond acceptors (Lipinski definition) is 5. The molecular formula is C26H24N2O4. The van der Waals surface area contributed by atoms with Crippen LogP contribution in [0.4, 0.5) is 0 Å². The Labute approximate surface area is 186 Å². The van der Waals surface area contributed by atoms with E-state index in [1.807, 2.05) is 60.7 Å². The molecule has 1 heterocycles. The normalized spacial score (nSPS) is 11.0. The van der Waals surface area contributed by atoms with E-state index in [4.69, 9.17) is 13.9 Å². The van der Waals surface area contributed by atoms with Gasteiger partial charge >= 0.3 is 5.91 Å². The SMILES string of the molecule is CCCOc1ccc(/C=N/NC(=O)c2ccc(COc3ccc4ccccc4c3)o2)cc1. The quantitative estimate of drug-likeness (QED) is 0.280. The number of rotatable bonds is 9. The molecular weight excluding hydrogens is 404 g/mol. The Morgan fingerprint density at radius 1 is 0.938 bits per heavy atom. The molecule has 6 nitrogen and oxygen atoms in total. The lowest BCUT2D eigenvalue weighted by molar-refractivity contribution is 0.0923. The number of ether oxygens (including phenoxy) is 2. The Hall–Kier alpha value is -4.06. The Bertz CT molecular complexity index is 1210. The van der Waals surface area contributed by atoms with E-state index >= 15 is 0 Å². The van der Waals surface area contributed by atoms with Crippen molar-refractivity contribution < 1.29 is 18.7 Å². The van der Waals surface area contributed by atoms with Gasteiger partial charge in [0.2, 0.25) is 0 Å². The first-order valence-corrected chi connectivity index (χ1v) is 10.5. The van der Waals surface area contributed by atoms with Crippen LogP contribution in [0.1, 0.15) is 35.2 Å². The third kappa shape index (κ3) is 5.55. The zero-order valence-corrected chi connectivity index (χ0v) is 17.8. The standard InChI is InChI=1S/C26H24N2O4/c1-2-15-30-22-10-7-19(8-11-22)17-27-28-26(29)25-14-13-24(32-25)18-31-23-12-9-20-5-3-4-6-21(20)16-23/h3-14,16-17H,2,15,18H2,1H3,(H,28,29)/b27-17+. The fraction of sp³-hybridized carbons (Fsp3) is 0.154. The van der Waals surface area contributed by atoms with Crippen LogP contribution in [-0.4, -0.2) is 18.7 Å². The maximum absolute atomic E-state index is 12.3. The second-order valence-corrected chi connectivity index (χ2v) is 7.18. The van der Waals surface area contributed by atoms with E-state index in [0.29, 0.717) is 12.4 Å². The molecule has 0 atom stereocenters. The smallest absolute Gasteiger partial charge is 0.307 e. The average molecular weight is 428 g/mol. The maximum Gasteiger partial charge on any atom is 0.307 e. The van der Waals surface area contributed by atoms with Crippen molar-refractivity contribution in [2.75, 3.05) is 6.61 Å². The van der Waals surface area contributed by atoms with Crippen LogP contribution in [0.15, 0.2) is 88.4 Å². The van der Waals surface area contributed by atoms with Gasteiger partial charge in [-0.25, -0.2) is 5.43 Å². The summed E-state index contributed by atoms with van der Waals surface area (Å²) < 4.78 is 16.9. The lowest BCUT2D eigenvalue weighted by atomic mass is 10.1. The number of carbonyl (C=O) groups excluding carboxylic acids is 1. The molecule has 1 N–H and O–H groups in total. The molecule has 1 aromatic heterocycles. The van der Waals surface area contributed by atoms with Gasteiger partial charge in [-0.15, -0.1) is 0 Å². The van der Waals surface area contributed by atoms with Crippen molar-refractivity contribution in [2.24, 2.45) is 5.10 Å². The van der Waals surface area contributed by atoms with Gasteiger partial charge in [0.15, 0.2) is 5.76 Å². The topological polar surface area (TPSA) is 73.1 Å². The average Bonchev–Trinajstić information content (AvgIpc) is 3.31. The Kier molecular flexibility index (Phi) is 6.82. The molecule has 0 aliphatic rings. The molecule has 0 saturated heterocycles. The summed E-state index contributed by atoms with van der Waals surface area (Å²) >= 11 is 0. The highest BCUT2D eigenvalue weighted by Crippen LogP contribution is 2.21. The van der Waals surface area contributed by atoms with Gasteiger partial charge in [0.25, 0.3) is 0 Å². The molecule has 0 aliphatic carbocycles. The second kappa shape index (κ2) is 10.3. The van der Waals surface area contributed by atoms with E-state index < -0.39 is 5.91 Å². The maximum atomic E-state index is 12.3. The highest BCUT2D eigenvalue weighted by molar-refractivity contribution is 5.92. The van der Waals surface area contributed by atoms with E-state index in [9.17, 15) is 4.79 Å². The molecule has 3 aromatic carbocycles. The molecule has 0 spiro atoms. The number of hydrazone groups is 1. The largest absolute Gasteiger partial charge is 0.494 e. The van der Waals surface area contributed by atoms with Crippen molar-refractivity contribution in [1.82, 2.24) is 5.43 Å². The zero-order valence-electron chi connectivity index (χ0n) is 17.8. The van der Waals surface area contributed by atoms with E-state index in [2.05, 4.69) is 23.5 Å². The van der Waals surface area contributed by atoms with Gasteiger partial charge in [0, 0.05) is 0 Å². The summed E-state index contributed by atoms with van der Waals surface area (Å²) in [7, 11) is 0. The van der Waals surface area contributed by atoms with Gasteiger partial charge < -0.3 is 13.9 Å². The fourth-order valence-corrected chi connectivity index (χ4v) is 3.08. The number of fused-ring (bicyclic) bond motifs is 1. The molecule has 4 rings (SSSR count). The Balaban J connectivity index is 1.28. The molecule has 4 aromatic rings. The van der Waals surface area contributed by atoms with Gasteiger partial charge in [0.1, 0.15) is 23.9 Å². The molecule has 0 aliphatic heterocycles. The van der Waals surface area contributed by atoms with Crippen molar-refractivity contribution >= 4 is 22.9 Å². The van der Waals surface area contributed by atoms with Crippen LogP contribution in [0.5, 0.6) is 11.5 Å². The number of benzene rings is 3. The van der Waals surface area contributed by atoms with E-state index in [1.165, 1.54) is 0 Å². The van der Waals surface area contributed by atoms with E-state index in [1.54, 1.807) is 18.3 Å². The van der Waals surface area contributed by atoms with E-state index in [-0.39, 0.29) is 12.4 Å². The Morgan fingerprint density at radius 2 is 1.72 bits per heavy atom. The van der Waals surface area contributed by atoms with Gasteiger partial charge in [-0.05, 0) is 71.3 Å². The molecule has 0 fully saturated rings. The fourth-order valence-electron chi connectivity index (χ4n) is 3.08. The second-order valence-electron chi connectivity index (χ2n) is 7.18. The highest BCUT2D eigenvalue weighted by atomic mass is 16.5. The molecule has 0 radical (unpaired) electrons. The van der Waals surface area contributed by atoms with Gasteiger partial charge in [0.05, 0.1) is 12.8 Å². The lowest BCUT2D eigenvalue weighted by Crippen LogP contribution is -2.16. The van der Waals surface area contributed by atoms with Crippen LogP contribution >= 0.6 is 0 Å². The van der Waals surface area contributed by atoms with Crippen molar-refractivity contribution in [3.8, 4) is 11.5 Å². The minimum absolute atomic E-state index is 0.169. The van der Waals surface area contributed by atoms with Crippen molar-refractivity contribution in [3.05, 3.63) is 95.9 Å². The summed E-state index contributed by atoms with van der Waals surface area (Å²) in [6.45, 7) is 2.97. The number of nitrogens with one attached hydrogen (secondary N) is 1. The number of hydrogen-bond donors (Lipinski definition) is 1. The lowest BCUT2D eigenvalue weighted by Gasteiger charge is -2.05. The van der Waals surface area contributed by atoms with Crippen LogP contribution in [0.25, 0.3) is 10.8 Å². The summed E-state index contributed by atoms with van der Waals surface area (Å²) in [5.74, 6) is 1.84. The van der Waals surface area contributed by atoms with Crippen LogP contribution in [-0.2, 0) is 6.61 Å². The third-order valence-electron chi connectivity index (χ3n) is 4.72. The Morgan fingerprint density at radius 3 is 2.53 bits per heavy atom. The van der Waals surface area contributed by atoms with Crippen LogP contribution < -0.4 is 14.9 Å². The van der Waals surface area contributed by atoms with Crippen LogP contribution in [0.3, 0.4) is 0 Å². The predicted molar refractivity (Wildman–Crippen MR) is 124 cm³/mol. The molecule has 162 valence electrons. The first kappa shape index (κ1) is 21.2. The summed E-state index contributed by atoms with van der Waals surface area (Å²) in [5, 5.41) is 6.24. The van der Waals surface area contributed by atoms with Crippen molar-refractivity contribution in [1.29, 1.82) is 0 Å². The van der Waals surface area contributed by atoms with Crippen molar-refractivity contribution in [3.63, 3.8) is 0 Å². The number of amides is 1. The molecule has 32 heavy (non-hydrogen) atoms. The van der Waals surface area contributed by atoms with Crippen LogP contribution in [0, 0.1) is 0 Å². The molecule has 1 amide bonds. The van der Waals surface area contributed by atoms with Gasteiger partial charge in [-0.2, -0.15) is 5.10 Å². The van der Waals surface area contributed by atoms with Crippen molar-refractivity contribution in [2.45, 2.75) is 20.0 Å². The summed E-state index contributed by atoms with van der Waals surface area (Å²) in [4.78, 5) is 12.3. The molecule has 0 saturated carbocycles. The van der Waals surface area contributed by atoms with Crippen LogP contribution in [0.2, 0.25) is 0 Å². The highest BCUT2D eigenvalue weighted by Gasteiger charge is 2.11. The summed E-state index contributed by atoms with van der Waals surface area (Å²) in [6.07, 6.45) is 2.52. The zero-order chi connectivity index (χ0) is 22.2. The number of carbonyl (C=O) groups is 1. The molecule has 0 bridgehead atoms. The minimum Gasteiger partial charge on any atom is -0.494 e. The molecule has 6 heteroatoms. The summed E-state index contributed by atoms with van der Waals surface area (Å²) in [6, 6.07) is 24.8. The van der Waals surface area contributed by atoms with E-state index in [0.717, 1.165) is 34.3 Å². The number of nitrogens with zero attached hydrogens (tertiary/aromatic N) is 1. The first-order chi connectivity index (χ1) is 15.7. The monoisotopic (exact) mass is 428 g/mol. The van der Waals surface area contributed by atoms with Gasteiger partial charge in [-0.1, -0.05) is 37.3 Å². The number of furan rings is 1. The first-order valence-electron chi connectivity index (χ1n) is 10.5. The summed E-state index contributed by atoms with van der Waals surface area (Å²) in [5.41, 5.74) is 3.31. The molecule has 0 unspecified atom stereocenters. The minimum atomic E-state index is -0.430.